The van der Waals surface area contributed by atoms with Crippen molar-refractivity contribution in [3.63, 3.8) is 0 Å². The van der Waals surface area contributed by atoms with E-state index in [4.69, 9.17) is 9.47 Å². The van der Waals surface area contributed by atoms with Gasteiger partial charge in [0.2, 0.25) is 12.7 Å². The van der Waals surface area contributed by atoms with Crippen LogP contribution >= 0.6 is 11.3 Å². The van der Waals surface area contributed by atoms with E-state index in [0.29, 0.717) is 34.4 Å². The highest BCUT2D eigenvalue weighted by molar-refractivity contribution is 7.14. The predicted octanol–water partition coefficient (Wildman–Crippen LogP) is 3.65. The van der Waals surface area contributed by atoms with Gasteiger partial charge in [-0.2, -0.15) is 0 Å². The molecule has 2 aliphatic rings. The van der Waals surface area contributed by atoms with Crippen LogP contribution in [-0.2, 0) is 17.6 Å². The van der Waals surface area contributed by atoms with Crippen molar-refractivity contribution in [1.82, 2.24) is 4.98 Å². The second-order valence-corrected chi connectivity index (χ2v) is 7.98. The monoisotopic (exact) mass is 421 g/mol. The van der Waals surface area contributed by atoms with Crippen LogP contribution in [0.1, 0.15) is 28.0 Å². The summed E-state index contributed by atoms with van der Waals surface area (Å²) in [5.74, 6) is 0.905. The fourth-order valence-corrected chi connectivity index (χ4v) is 4.40. The van der Waals surface area contributed by atoms with Gasteiger partial charge in [0.05, 0.1) is 12.1 Å². The fourth-order valence-electron chi connectivity index (χ4n) is 3.70. The number of rotatable bonds is 4. The van der Waals surface area contributed by atoms with Crippen molar-refractivity contribution < 1.29 is 19.1 Å². The van der Waals surface area contributed by atoms with Gasteiger partial charge in [-0.25, -0.2) is 4.98 Å². The molecule has 3 aromatic rings. The molecule has 30 heavy (non-hydrogen) atoms. The zero-order valence-corrected chi connectivity index (χ0v) is 16.9. The van der Waals surface area contributed by atoms with E-state index in [9.17, 15) is 9.59 Å². The SMILES string of the molecule is O=C(Nc1nc(CC(=O)N2CCCc3ccccc32)cs1)c1ccc2c(c1)OCO2. The Labute approximate surface area is 177 Å². The minimum atomic E-state index is -0.287. The lowest BCUT2D eigenvalue weighted by Gasteiger charge is -2.29. The van der Waals surface area contributed by atoms with Gasteiger partial charge in [0.25, 0.3) is 5.91 Å². The smallest absolute Gasteiger partial charge is 0.257 e. The number of nitrogens with one attached hydrogen (secondary N) is 1. The molecule has 2 aromatic carbocycles. The van der Waals surface area contributed by atoms with Gasteiger partial charge in [-0.3, -0.25) is 14.9 Å². The molecule has 0 radical (unpaired) electrons. The lowest BCUT2D eigenvalue weighted by Crippen LogP contribution is -2.36. The van der Waals surface area contributed by atoms with Gasteiger partial charge in [-0.1, -0.05) is 18.2 Å². The summed E-state index contributed by atoms with van der Waals surface area (Å²) in [6.45, 7) is 0.874. The normalized spacial score (nSPS) is 14.3. The maximum absolute atomic E-state index is 12.9. The van der Waals surface area contributed by atoms with Crippen molar-refractivity contribution in [1.29, 1.82) is 0 Å². The predicted molar refractivity (Wildman–Crippen MR) is 113 cm³/mol. The maximum atomic E-state index is 12.9. The summed E-state index contributed by atoms with van der Waals surface area (Å²) in [4.78, 5) is 31.6. The Morgan fingerprint density at radius 3 is 2.93 bits per heavy atom. The topological polar surface area (TPSA) is 80.8 Å². The molecule has 152 valence electrons. The number of amides is 2. The van der Waals surface area contributed by atoms with E-state index in [-0.39, 0.29) is 25.0 Å². The zero-order valence-electron chi connectivity index (χ0n) is 16.1. The van der Waals surface area contributed by atoms with Crippen LogP contribution in [0.3, 0.4) is 0 Å². The molecule has 0 unspecified atom stereocenters. The number of nitrogens with zero attached hydrogens (tertiary/aromatic N) is 2. The lowest BCUT2D eigenvalue weighted by atomic mass is 10.0. The molecule has 1 aromatic heterocycles. The first-order chi connectivity index (χ1) is 14.7. The number of carbonyl (C=O) groups is 2. The molecule has 8 heteroatoms. The number of benzene rings is 2. The number of anilines is 2. The van der Waals surface area contributed by atoms with Crippen LogP contribution in [0.4, 0.5) is 10.8 Å². The summed E-state index contributed by atoms with van der Waals surface area (Å²) in [6.07, 6.45) is 2.15. The van der Waals surface area contributed by atoms with Gasteiger partial charge in [-0.05, 0) is 42.7 Å². The first-order valence-corrected chi connectivity index (χ1v) is 10.6. The molecule has 0 bridgehead atoms. The highest BCUT2D eigenvalue weighted by atomic mass is 32.1. The van der Waals surface area contributed by atoms with Crippen LogP contribution in [0, 0.1) is 0 Å². The second kappa shape index (κ2) is 7.79. The van der Waals surface area contributed by atoms with Crippen LogP contribution in [0.2, 0.25) is 0 Å². The summed E-state index contributed by atoms with van der Waals surface area (Å²) in [5.41, 5.74) is 3.29. The molecule has 0 saturated carbocycles. The number of hydrogen-bond acceptors (Lipinski definition) is 6. The standard InChI is InChI=1S/C22H19N3O4S/c26-20(25-9-3-5-14-4-1-2-6-17(14)25)11-16-12-30-22(23-16)24-21(27)15-7-8-18-19(10-15)29-13-28-18/h1-2,4,6-8,10,12H,3,5,9,11,13H2,(H,23,24,27). The van der Waals surface area contributed by atoms with E-state index >= 15 is 0 Å². The van der Waals surface area contributed by atoms with Crippen LogP contribution < -0.4 is 19.7 Å². The van der Waals surface area contributed by atoms with Crippen molar-refractivity contribution in [2.45, 2.75) is 19.3 Å². The molecule has 3 heterocycles. The highest BCUT2D eigenvalue weighted by Crippen LogP contribution is 2.33. The van der Waals surface area contributed by atoms with Crippen LogP contribution in [-0.4, -0.2) is 30.1 Å². The second-order valence-electron chi connectivity index (χ2n) is 7.12. The van der Waals surface area contributed by atoms with Crippen molar-refractivity contribution in [3.05, 3.63) is 64.7 Å². The van der Waals surface area contributed by atoms with Crippen LogP contribution in [0.5, 0.6) is 11.5 Å². The van der Waals surface area contributed by atoms with Crippen LogP contribution in [0.25, 0.3) is 0 Å². The highest BCUT2D eigenvalue weighted by Gasteiger charge is 2.23. The molecular formula is C22H19N3O4S. The van der Waals surface area contributed by atoms with Gasteiger partial charge in [0.15, 0.2) is 16.6 Å². The Morgan fingerprint density at radius 1 is 1.13 bits per heavy atom. The fraction of sp³-hybridized carbons (Fsp3) is 0.227. The van der Waals surface area contributed by atoms with E-state index in [2.05, 4.69) is 16.4 Å². The lowest BCUT2D eigenvalue weighted by molar-refractivity contribution is -0.118. The molecule has 0 saturated heterocycles. The molecule has 2 amide bonds. The van der Waals surface area contributed by atoms with E-state index in [1.807, 2.05) is 28.5 Å². The summed E-state index contributed by atoms with van der Waals surface area (Å²) >= 11 is 1.30. The summed E-state index contributed by atoms with van der Waals surface area (Å²) in [7, 11) is 0. The minimum Gasteiger partial charge on any atom is -0.454 e. The molecule has 5 rings (SSSR count). The summed E-state index contributed by atoms with van der Waals surface area (Å²) < 4.78 is 10.6. The Balaban J connectivity index is 1.25. The Kier molecular flexibility index (Phi) is 4.84. The summed E-state index contributed by atoms with van der Waals surface area (Å²) in [5, 5.41) is 5.05. The zero-order chi connectivity index (χ0) is 20.5. The maximum Gasteiger partial charge on any atom is 0.257 e. The van der Waals surface area contributed by atoms with Gasteiger partial charge in [-0.15, -0.1) is 11.3 Å². The number of para-hydroxylation sites is 1. The van der Waals surface area contributed by atoms with Crippen molar-refractivity contribution in [3.8, 4) is 11.5 Å². The third-order valence-corrected chi connectivity index (χ3v) is 5.96. The molecule has 2 aliphatic heterocycles. The van der Waals surface area contributed by atoms with E-state index in [0.717, 1.165) is 18.5 Å². The third-order valence-electron chi connectivity index (χ3n) is 5.15. The number of fused-ring (bicyclic) bond motifs is 2. The van der Waals surface area contributed by atoms with Crippen molar-refractivity contribution in [2.75, 3.05) is 23.6 Å². The number of carbonyl (C=O) groups excluding carboxylic acids is 2. The number of hydrogen-bond donors (Lipinski definition) is 1. The largest absolute Gasteiger partial charge is 0.454 e. The summed E-state index contributed by atoms with van der Waals surface area (Å²) in [6, 6.07) is 13.0. The Hall–Kier alpha value is -3.39. The first-order valence-electron chi connectivity index (χ1n) is 9.71. The van der Waals surface area contributed by atoms with Crippen molar-refractivity contribution in [2.24, 2.45) is 0 Å². The van der Waals surface area contributed by atoms with Crippen LogP contribution in [0.15, 0.2) is 47.8 Å². The average Bonchev–Trinajstić information content (AvgIpc) is 3.41. The first kappa shape index (κ1) is 18.6. The van der Waals surface area contributed by atoms with Gasteiger partial charge in [0, 0.05) is 23.2 Å². The molecule has 0 atom stereocenters. The molecule has 7 nitrogen and oxygen atoms in total. The van der Waals surface area contributed by atoms with Gasteiger partial charge < -0.3 is 14.4 Å². The Morgan fingerprint density at radius 2 is 2.00 bits per heavy atom. The van der Waals surface area contributed by atoms with Crippen molar-refractivity contribution >= 4 is 34.0 Å². The van der Waals surface area contributed by atoms with E-state index in [1.54, 1.807) is 18.2 Å². The number of thiazole rings is 1. The number of aromatic nitrogens is 1. The molecule has 0 spiro atoms. The quantitative estimate of drug-likeness (QED) is 0.696. The van der Waals surface area contributed by atoms with Gasteiger partial charge >= 0.3 is 0 Å². The minimum absolute atomic E-state index is 0.0149. The van der Waals surface area contributed by atoms with E-state index in [1.165, 1.54) is 16.9 Å². The molecular weight excluding hydrogens is 402 g/mol. The number of ether oxygens (including phenoxy) is 2. The van der Waals surface area contributed by atoms with Gasteiger partial charge in [0.1, 0.15) is 0 Å². The molecule has 1 N–H and O–H groups in total. The molecule has 0 fully saturated rings. The Bertz CT molecular complexity index is 1130. The average molecular weight is 421 g/mol. The molecule has 0 aliphatic carbocycles. The third kappa shape index (κ3) is 3.61. The van der Waals surface area contributed by atoms with E-state index < -0.39 is 0 Å². The number of aryl methyl sites for hydroxylation is 1.